The van der Waals surface area contributed by atoms with E-state index in [1.165, 1.54) is 0 Å². The number of carbonyl (C=O) groups excluding carboxylic acids is 1. The van der Waals surface area contributed by atoms with Crippen molar-refractivity contribution in [3.8, 4) is 0 Å². The lowest BCUT2D eigenvalue weighted by Gasteiger charge is -2.33. The number of rotatable bonds is 2. The van der Waals surface area contributed by atoms with Gasteiger partial charge in [-0.2, -0.15) is 0 Å². The Morgan fingerprint density at radius 3 is 2.75 bits per heavy atom. The Kier molecular flexibility index (Phi) is 4.56. The van der Waals surface area contributed by atoms with Crippen LogP contribution in [0.15, 0.2) is 0 Å². The molecule has 1 aliphatic rings. The predicted octanol–water partition coefficient (Wildman–Crippen LogP) is 2.12. The van der Waals surface area contributed by atoms with E-state index in [1.54, 1.807) is 4.90 Å². The molecule has 0 saturated carbocycles. The van der Waals surface area contributed by atoms with Crippen molar-refractivity contribution < 1.29 is 19.7 Å². The molecule has 1 unspecified atom stereocenters. The first-order valence-electron chi connectivity index (χ1n) is 5.66. The van der Waals surface area contributed by atoms with Crippen molar-refractivity contribution >= 4 is 6.09 Å². The first kappa shape index (κ1) is 13.3. The van der Waals surface area contributed by atoms with Gasteiger partial charge in [-0.05, 0) is 33.6 Å². The van der Waals surface area contributed by atoms with Crippen molar-refractivity contribution in [3.05, 3.63) is 0 Å². The van der Waals surface area contributed by atoms with E-state index in [0.29, 0.717) is 6.54 Å². The zero-order chi connectivity index (χ0) is 12.2. The zero-order valence-electron chi connectivity index (χ0n) is 10.2. The van der Waals surface area contributed by atoms with Gasteiger partial charge in [0, 0.05) is 19.0 Å². The highest BCUT2D eigenvalue weighted by Gasteiger charge is 2.27. The SMILES string of the molecule is CC(C)(C)OC(=O)N1CCCC(COO)C1. The van der Waals surface area contributed by atoms with E-state index in [-0.39, 0.29) is 18.6 Å². The number of piperidine rings is 1. The average Bonchev–Trinajstić information content (AvgIpc) is 2.16. The van der Waals surface area contributed by atoms with Gasteiger partial charge in [0.05, 0.1) is 6.61 Å². The third-order valence-corrected chi connectivity index (χ3v) is 2.48. The highest BCUT2D eigenvalue weighted by atomic mass is 17.1. The van der Waals surface area contributed by atoms with Gasteiger partial charge in [0.2, 0.25) is 0 Å². The van der Waals surface area contributed by atoms with E-state index in [1.807, 2.05) is 20.8 Å². The number of likely N-dealkylation sites (tertiary alicyclic amines) is 1. The summed E-state index contributed by atoms with van der Waals surface area (Å²) >= 11 is 0. The molecule has 0 aromatic heterocycles. The lowest BCUT2D eigenvalue weighted by Crippen LogP contribution is -2.43. The van der Waals surface area contributed by atoms with E-state index < -0.39 is 5.60 Å². The molecule has 1 heterocycles. The molecule has 5 heteroatoms. The second-order valence-corrected chi connectivity index (χ2v) is 5.23. The third kappa shape index (κ3) is 4.37. The fourth-order valence-electron chi connectivity index (χ4n) is 1.80. The Hall–Kier alpha value is -0.810. The molecular weight excluding hydrogens is 210 g/mol. The number of amides is 1. The first-order valence-corrected chi connectivity index (χ1v) is 5.66. The Labute approximate surface area is 96.3 Å². The quantitative estimate of drug-likeness (QED) is 0.584. The van der Waals surface area contributed by atoms with Crippen LogP contribution in [0.2, 0.25) is 0 Å². The van der Waals surface area contributed by atoms with Gasteiger partial charge in [0.1, 0.15) is 5.60 Å². The van der Waals surface area contributed by atoms with Crippen LogP contribution in [0.3, 0.4) is 0 Å². The maximum absolute atomic E-state index is 11.8. The fourth-order valence-corrected chi connectivity index (χ4v) is 1.80. The van der Waals surface area contributed by atoms with Crippen LogP contribution in [-0.4, -0.2) is 41.5 Å². The molecule has 0 aromatic rings. The van der Waals surface area contributed by atoms with Crippen LogP contribution in [0.25, 0.3) is 0 Å². The third-order valence-electron chi connectivity index (χ3n) is 2.48. The number of nitrogens with zero attached hydrogens (tertiary/aromatic N) is 1. The van der Waals surface area contributed by atoms with E-state index in [2.05, 4.69) is 4.89 Å². The van der Waals surface area contributed by atoms with Gasteiger partial charge in [0.15, 0.2) is 0 Å². The highest BCUT2D eigenvalue weighted by Crippen LogP contribution is 2.19. The van der Waals surface area contributed by atoms with Gasteiger partial charge in [-0.3, -0.25) is 5.26 Å². The fraction of sp³-hybridized carbons (Fsp3) is 0.909. The van der Waals surface area contributed by atoms with Gasteiger partial charge in [-0.15, -0.1) is 0 Å². The van der Waals surface area contributed by atoms with Crippen molar-refractivity contribution in [1.82, 2.24) is 4.90 Å². The second-order valence-electron chi connectivity index (χ2n) is 5.23. The van der Waals surface area contributed by atoms with Gasteiger partial charge in [0.25, 0.3) is 0 Å². The summed E-state index contributed by atoms with van der Waals surface area (Å²) in [6.07, 6.45) is 1.61. The Bertz CT molecular complexity index is 235. The van der Waals surface area contributed by atoms with Crippen molar-refractivity contribution in [1.29, 1.82) is 0 Å². The number of hydrogen-bond donors (Lipinski definition) is 1. The number of carbonyl (C=O) groups is 1. The number of hydrogen-bond acceptors (Lipinski definition) is 4. The molecule has 1 fully saturated rings. The summed E-state index contributed by atoms with van der Waals surface area (Å²) in [6.45, 7) is 7.14. The molecule has 0 aliphatic carbocycles. The molecule has 94 valence electrons. The molecule has 1 atom stereocenters. The van der Waals surface area contributed by atoms with Crippen LogP contribution in [-0.2, 0) is 9.62 Å². The van der Waals surface area contributed by atoms with Crippen molar-refractivity contribution in [2.45, 2.75) is 39.2 Å². The summed E-state index contributed by atoms with van der Waals surface area (Å²) in [7, 11) is 0. The molecule has 1 rings (SSSR count). The summed E-state index contributed by atoms with van der Waals surface area (Å²) in [4.78, 5) is 17.6. The highest BCUT2D eigenvalue weighted by molar-refractivity contribution is 5.68. The van der Waals surface area contributed by atoms with E-state index in [4.69, 9.17) is 9.99 Å². The second kappa shape index (κ2) is 5.50. The van der Waals surface area contributed by atoms with Crippen LogP contribution in [0, 0.1) is 5.92 Å². The normalized spacial score (nSPS) is 22.0. The molecule has 1 amide bonds. The Morgan fingerprint density at radius 2 is 2.19 bits per heavy atom. The summed E-state index contributed by atoms with van der Waals surface area (Å²) in [5.41, 5.74) is -0.461. The monoisotopic (exact) mass is 231 g/mol. The summed E-state index contributed by atoms with van der Waals surface area (Å²) in [6, 6.07) is 0. The maximum Gasteiger partial charge on any atom is 0.410 e. The molecular formula is C11H21NO4. The van der Waals surface area contributed by atoms with Crippen LogP contribution in [0.1, 0.15) is 33.6 Å². The predicted molar refractivity (Wildman–Crippen MR) is 59.1 cm³/mol. The Morgan fingerprint density at radius 1 is 1.50 bits per heavy atom. The summed E-state index contributed by atoms with van der Waals surface area (Å²) in [5, 5.41) is 8.40. The molecule has 0 spiro atoms. The minimum absolute atomic E-state index is 0.200. The van der Waals surface area contributed by atoms with E-state index in [9.17, 15) is 4.79 Å². The van der Waals surface area contributed by atoms with Gasteiger partial charge in [-0.25, -0.2) is 9.68 Å². The lowest BCUT2D eigenvalue weighted by atomic mass is 9.99. The average molecular weight is 231 g/mol. The zero-order valence-corrected chi connectivity index (χ0v) is 10.2. The van der Waals surface area contributed by atoms with E-state index in [0.717, 1.165) is 19.4 Å². The minimum atomic E-state index is -0.461. The Balaban J connectivity index is 2.44. The molecule has 0 bridgehead atoms. The molecule has 5 nitrogen and oxygen atoms in total. The van der Waals surface area contributed by atoms with E-state index >= 15 is 0 Å². The molecule has 1 N–H and O–H groups in total. The molecule has 1 aliphatic heterocycles. The summed E-state index contributed by atoms with van der Waals surface area (Å²) < 4.78 is 5.29. The molecule has 0 aromatic carbocycles. The van der Waals surface area contributed by atoms with Crippen molar-refractivity contribution in [2.24, 2.45) is 5.92 Å². The standard InChI is InChI=1S/C11H21NO4/c1-11(2,3)16-10(13)12-6-4-5-9(7-12)8-15-14/h9,14H,4-8H2,1-3H3. The van der Waals surface area contributed by atoms with Gasteiger partial charge >= 0.3 is 6.09 Å². The minimum Gasteiger partial charge on any atom is -0.444 e. The van der Waals surface area contributed by atoms with Gasteiger partial charge < -0.3 is 9.64 Å². The van der Waals surface area contributed by atoms with Crippen molar-refractivity contribution in [3.63, 3.8) is 0 Å². The molecule has 0 radical (unpaired) electrons. The van der Waals surface area contributed by atoms with Crippen LogP contribution >= 0.6 is 0 Å². The summed E-state index contributed by atoms with van der Waals surface area (Å²) in [5.74, 6) is 0.200. The topological polar surface area (TPSA) is 59.0 Å². The smallest absolute Gasteiger partial charge is 0.410 e. The first-order chi connectivity index (χ1) is 7.42. The van der Waals surface area contributed by atoms with Crippen LogP contribution in [0.4, 0.5) is 4.79 Å². The maximum atomic E-state index is 11.8. The van der Waals surface area contributed by atoms with Gasteiger partial charge in [-0.1, -0.05) is 0 Å². The molecule has 16 heavy (non-hydrogen) atoms. The lowest BCUT2D eigenvalue weighted by molar-refractivity contribution is -0.252. The number of ether oxygens (including phenoxy) is 1. The molecule has 1 saturated heterocycles. The largest absolute Gasteiger partial charge is 0.444 e. The van der Waals surface area contributed by atoms with Crippen LogP contribution < -0.4 is 0 Å². The van der Waals surface area contributed by atoms with Crippen LogP contribution in [0.5, 0.6) is 0 Å². The van der Waals surface area contributed by atoms with Crippen molar-refractivity contribution in [2.75, 3.05) is 19.7 Å².